The van der Waals surface area contributed by atoms with Crippen LogP contribution in [0.4, 0.5) is 11.4 Å². The molecular weight excluding hydrogens is 917 g/mol. The van der Waals surface area contributed by atoms with E-state index in [9.17, 15) is 0 Å². The highest BCUT2D eigenvalue weighted by atomic mass is 32.2. The first-order valence-electron chi connectivity index (χ1n) is 29.4. The number of likely N-dealkylation sites (N-methyl/N-ethyl adjacent to an activating group) is 3. The van der Waals surface area contributed by atoms with E-state index >= 15 is 0 Å². The second-order valence-corrected chi connectivity index (χ2v) is 24.6. The molecule has 3 aromatic rings. The molecule has 2 aliphatic carbocycles. The molecule has 73 heavy (non-hydrogen) atoms. The van der Waals surface area contributed by atoms with Gasteiger partial charge in [0.1, 0.15) is 0 Å². The highest BCUT2D eigenvalue weighted by Crippen LogP contribution is 2.40. The number of piperidine rings is 2. The van der Waals surface area contributed by atoms with E-state index in [0.717, 1.165) is 55.9 Å². The predicted octanol–water partition coefficient (Wildman–Crippen LogP) is 9.39. The van der Waals surface area contributed by atoms with E-state index in [0.29, 0.717) is 6.04 Å². The molecule has 14 rings (SSSR count). The summed E-state index contributed by atoms with van der Waals surface area (Å²) in [5, 5.41) is 10.2. The Kier molecular flexibility index (Phi) is 25.0. The van der Waals surface area contributed by atoms with Gasteiger partial charge in [-0.25, -0.2) is 0 Å². The van der Waals surface area contributed by atoms with E-state index in [-0.39, 0.29) is 0 Å². The number of hydrogen-bond acceptors (Lipinski definition) is 11. The Bertz CT molecular complexity index is 1920. The monoisotopic (exact) mass is 1020 g/mol. The maximum absolute atomic E-state index is 3.63. The molecule has 9 heterocycles. The summed E-state index contributed by atoms with van der Waals surface area (Å²) in [6, 6.07) is 27.6. The molecule has 6 atom stereocenters. The van der Waals surface area contributed by atoms with Crippen LogP contribution >= 0.6 is 11.8 Å². The van der Waals surface area contributed by atoms with Crippen LogP contribution in [0.25, 0.3) is 0 Å². The van der Waals surface area contributed by atoms with Crippen molar-refractivity contribution in [2.24, 2.45) is 17.8 Å². The summed E-state index contributed by atoms with van der Waals surface area (Å²) < 4.78 is 0. The van der Waals surface area contributed by atoms with Crippen LogP contribution in [0.3, 0.4) is 0 Å². The Morgan fingerprint density at radius 2 is 1.12 bits per heavy atom. The van der Waals surface area contributed by atoms with Crippen LogP contribution in [0, 0.1) is 17.8 Å². The zero-order valence-corrected chi connectivity index (χ0v) is 48.2. The molecule has 0 radical (unpaired) electrons. The van der Waals surface area contributed by atoms with Gasteiger partial charge >= 0.3 is 0 Å². The second-order valence-electron chi connectivity index (χ2n) is 23.6. The summed E-state index contributed by atoms with van der Waals surface area (Å²) in [7, 11) is 15.4. The average Bonchev–Trinajstić information content (AvgIpc) is 4.32. The van der Waals surface area contributed by atoms with Gasteiger partial charge in [0.25, 0.3) is 0 Å². The molecule has 10 nitrogen and oxygen atoms in total. The number of piperazine rings is 1. The molecule has 0 spiro atoms. The third kappa shape index (κ3) is 19.1. The molecule has 6 unspecified atom stereocenters. The van der Waals surface area contributed by atoms with Gasteiger partial charge in [-0.1, -0.05) is 86.3 Å². The number of hydrogen-bond donors (Lipinski definition) is 3. The summed E-state index contributed by atoms with van der Waals surface area (Å²) in [5.74, 6) is 6.55. The first kappa shape index (κ1) is 58.0. The van der Waals surface area contributed by atoms with Crippen molar-refractivity contribution in [3.63, 3.8) is 0 Å². The number of para-hydroxylation sites is 2. The van der Waals surface area contributed by atoms with Gasteiger partial charge in [-0.15, -0.1) is 11.8 Å². The zero-order valence-electron chi connectivity index (χ0n) is 47.4. The minimum atomic E-state index is 0.645. The van der Waals surface area contributed by atoms with Crippen LogP contribution in [-0.2, 0) is 19.4 Å². The largest absolute Gasteiger partial charge is 0.380 e. The molecule has 0 bridgehead atoms. The lowest BCUT2D eigenvalue weighted by Gasteiger charge is -2.39. The van der Waals surface area contributed by atoms with Crippen molar-refractivity contribution in [1.29, 1.82) is 0 Å². The van der Waals surface area contributed by atoms with Crippen LogP contribution in [0.5, 0.6) is 0 Å². The standard InChI is InChI=1S/C12H16N2.C10H19N.2C9H11N.C8H15N.C5H12N2.C5H11N.C4H9NS/c1-14-7-6-10-9-4-2-3-5-11(9)13-12(10)8-14;1-11-7-6-9-4-2-3-5-10(9)8-11;1-10-7-6-8-4-2-3-5-9(8)10;1-2-4-9-7-10-6-5-8(9)3-1;1-9-6-5-7-3-2-4-8(7)9;1-7-4-2-6-3-5-7;1-6-4-2-3-5-6;1-5-2-3-6-4-5/h2-5,10,12-13H,6-8H2,1H3;9-10H,2-8H2,1H3;2-5H,6-7H2,1H3;1-4,10H,5-7H2;7-8H,2-6H2,1H3;6H,2-5H2,1H3;2-5H2,1H3;2-4H2,1H3. The molecular formula is C62H104N10S. The number of nitrogens with one attached hydrogen (secondary N) is 3. The lowest BCUT2D eigenvalue weighted by Crippen LogP contribution is -2.41. The van der Waals surface area contributed by atoms with Gasteiger partial charge in [0.15, 0.2) is 0 Å². The minimum absolute atomic E-state index is 0.645. The third-order valence-electron chi connectivity index (χ3n) is 17.8. The first-order chi connectivity index (χ1) is 35.6. The normalized spacial score (nSPS) is 28.3. The van der Waals surface area contributed by atoms with E-state index in [1.807, 2.05) is 11.8 Å². The van der Waals surface area contributed by atoms with Gasteiger partial charge in [0, 0.05) is 107 Å². The molecule has 11 heteroatoms. The lowest BCUT2D eigenvalue weighted by molar-refractivity contribution is 0.105. The fraction of sp³-hybridized carbons (Fsp3) is 0.710. The summed E-state index contributed by atoms with van der Waals surface area (Å²) in [4.78, 5) is 16.8. The Labute approximate surface area is 451 Å². The highest BCUT2D eigenvalue weighted by Gasteiger charge is 2.36. The van der Waals surface area contributed by atoms with Crippen LogP contribution in [-0.4, -0.2) is 194 Å². The van der Waals surface area contributed by atoms with Gasteiger partial charge in [-0.2, -0.15) is 0 Å². The number of thioether (sulfide) groups is 1. The molecule has 3 aromatic carbocycles. The fourth-order valence-corrected chi connectivity index (χ4v) is 14.1. The van der Waals surface area contributed by atoms with Gasteiger partial charge in [0.05, 0.1) is 0 Å². The van der Waals surface area contributed by atoms with E-state index in [1.54, 1.807) is 0 Å². The van der Waals surface area contributed by atoms with Crippen LogP contribution in [0.1, 0.15) is 105 Å². The maximum Gasteiger partial charge on any atom is 0.0458 e. The lowest BCUT2D eigenvalue weighted by atomic mass is 9.75. The fourth-order valence-electron chi connectivity index (χ4n) is 13.1. The van der Waals surface area contributed by atoms with E-state index < -0.39 is 0 Å². The summed E-state index contributed by atoms with van der Waals surface area (Å²) in [5.41, 5.74) is 8.77. The van der Waals surface area contributed by atoms with Gasteiger partial charge < -0.3 is 45.3 Å². The Morgan fingerprint density at radius 1 is 0.466 bits per heavy atom. The molecule has 9 aliphatic heterocycles. The Balaban J connectivity index is 0.000000124. The zero-order chi connectivity index (χ0) is 51.2. The van der Waals surface area contributed by atoms with Crippen molar-refractivity contribution >= 4 is 23.1 Å². The molecule has 2 saturated carbocycles. The third-order valence-corrected chi connectivity index (χ3v) is 18.9. The summed E-state index contributed by atoms with van der Waals surface area (Å²) in [6.07, 6.45) is 20.0. The molecule has 0 aromatic heterocycles. The minimum Gasteiger partial charge on any atom is -0.380 e. The maximum atomic E-state index is 3.63. The number of anilines is 2. The smallest absolute Gasteiger partial charge is 0.0458 e. The molecule has 0 amide bonds. The van der Waals surface area contributed by atoms with Crippen molar-refractivity contribution in [2.45, 2.75) is 114 Å². The van der Waals surface area contributed by atoms with E-state index in [1.165, 1.54) is 207 Å². The van der Waals surface area contributed by atoms with Gasteiger partial charge in [-0.3, -0.25) is 4.90 Å². The van der Waals surface area contributed by atoms with Crippen molar-refractivity contribution < 1.29 is 0 Å². The van der Waals surface area contributed by atoms with Crippen LogP contribution in [0.2, 0.25) is 0 Å². The number of fused-ring (bicyclic) bond motifs is 7. The Hall–Kier alpha value is -2.71. The second kappa shape index (κ2) is 31.5. The average molecular weight is 1020 g/mol. The predicted molar refractivity (Wildman–Crippen MR) is 317 cm³/mol. The molecule has 3 N–H and O–H groups in total. The van der Waals surface area contributed by atoms with Gasteiger partial charge in [0.2, 0.25) is 0 Å². The molecule has 6 saturated heterocycles. The number of benzene rings is 3. The molecule has 11 aliphatic rings. The van der Waals surface area contributed by atoms with Crippen molar-refractivity contribution in [3.05, 3.63) is 95.1 Å². The van der Waals surface area contributed by atoms with Gasteiger partial charge in [-0.05, 0) is 198 Å². The van der Waals surface area contributed by atoms with Crippen molar-refractivity contribution in [2.75, 3.05) is 163 Å². The number of nitrogens with zero attached hydrogens (tertiary/aromatic N) is 7. The summed E-state index contributed by atoms with van der Waals surface area (Å²) >= 11 is 2.01. The SMILES string of the molecule is CN1CCC2CCCC21.CN1CCC2CCCCC2C1.CN1CCC2c3ccccc3NC2C1.CN1CCCC1.CN1CCNCC1.CN1CCSC1.CN1CCc2ccccc21.c1ccc2c(c1)CCNC2. The van der Waals surface area contributed by atoms with Crippen molar-refractivity contribution in [1.82, 2.24) is 40.0 Å². The quantitative estimate of drug-likeness (QED) is 0.202. The summed E-state index contributed by atoms with van der Waals surface area (Å²) in [6.45, 7) is 18.5. The first-order valence-corrected chi connectivity index (χ1v) is 30.6. The van der Waals surface area contributed by atoms with E-state index in [2.05, 4.69) is 172 Å². The van der Waals surface area contributed by atoms with E-state index in [4.69, 9.17) is 0 Å². The molecule has 408 valence electrons. The highest BCUT2D eigenvalue weighted by molar-refractivity contribution is 7.99. The topological polar surface area (TPSA) is 58.8 Å². The molecule has 8 fully saturated rings. The van der Waals surface area contributed by atoms with Crippen LogP contribution < -0.4 is 20.9 Å². The van der Waals surface area contributed by atoms with Crippen LogP contribution in [0.15, 0.2) is 72.8 Å². The Morgan fingerprint density at radius 3 is 1.78 bits per heavy atom. The number of rotatable bonds is 0. The van der Waals surface area contributed by atoms with Crippen molar-refractivity contribution in [3.8, 4) is 0 Å². The number of likely N-dealkylation sites (tertiary alicyclic amines) is 4.